The third-order valence-corrected chi connectivity index (χ3v) is 6.75. The number of nitrogens with one attached hydrogen (secondary N) is 3. The van der Waals surface area contributed by atoms with Gasteiger partial charge >= 0.3 is 12.0 Å². The van der Waals surface area contributed by atoms with Crippen molar-refractivity contribution in [1.82, 2.24) is 20.1 Å². The number of urea groups is 1. The first-order valence-corrected chi connectivity index (χ1v) is 13.3. The summed E-state index contributed by atoms with van der Waals surface area (Å²) in [5.74, 6) is -1.73. The molecule has 2 aromatic carbocycles. The van der Waals surface area contributed by atoms with Crippen molar-refractivity contribution in [2.75, 3.05) is 38.1 Å². The fraction of sp³-hybridized carbons (Fsp3) is 0.345. The highest BCUT2D eigenvalue weighted by atomic mass is 16.5. The summed E-state index contributed by atoms with van der Waals surface area (Å²) in [5.41, 5.74) is 1.73. The van der Waals surface area contributed by atoms with Gasteiger partial charge in [0.1, 0.15) is 0 Å². The van der Waals surface area contributed by atoms with Crippen LogP contribution in [0, 0.1) is 0 Å². The number of carbonyl (C=O) groups is 5. The van der Waals surface area contributed by atoms with Crippen LogP contribution in [-0.2, 0) is 14.3 Å². The fourth-order valence-electron chi connectivity index (χ4n) is 4.73. The van der Waals surface area contributed by atoms with Crippen LogP contribution in [0.3, 0.4) is 0 Å². The zero-order valence-electron chi connectivity index (χ0n) is 22.6. The van der Waals surface area contributed by atoms with Crippen LogP contribution in [0.25, 0.3) is 10.9 Å². The Balaban J connectivity index is 1.37. The van der Waals surface area contributed by atoms with Gasteiger partial charge in [0.25, 0.3) is 17.6 Å². The minimum absolute atomic E-state index is 0.106. The van der Waals surface area contributed by atoms with Crippen LogP contribution in [-0.4, -0.2) is 83.2 Å². The van der Waals surface area contributed by atoms with Gasteiger partial charge in [-0.15, -0.1) is 0 Å². The maximum absolute atomic E-state index is 13.3. The number of piperazine rings is 1. The van der Waals surface area contributed by atoms with Crippen molar-refractivity contribution in [2.45, 2.75) is 32.7 Å². The molecule has 3 N–H and O–H groups in total. The third-order valence-electron chi connectivity index (χ3n) is 6.75. The Morgan fingerprint density at radius 1 is 1.02 bits per heavy atom. The number of ketones is 1. The molecule has 0 aliphatic carbocycles. The van der Waals surface area contributed by atoms with Crippen LogP contribution in [0.5, 0.6) is 0 Å². The summed E-state index contributed by atoms with van der Waals surface area (Å²) in [6, 6.07) is 13.2. The largest absolute Gasteiger partial charge is 0.466 e. The zero-order valence-corrected chi connectivity index (χ0v) is 22.6. The predicted molar refractivity (Wildman–Crippen MR) is 149 cm³/mol. The number of esters is 1. The number of para-hydroxylation sites is 1. The van der Waals surface area contributed by atoms with Crippen LogP contribution in [0.15, 0.2) is 54.7 Å². The highest BCUT2D eigenvalue weighted by molar-refractivity contribution is 6.45. The van der Waals surface area contributed by atoms with E-state index in [9.17, 15) is 24.0 Å². The van der Waals surface area contributed by atoms with E-state index in [1.807, 2.05) is 13.0 Å². The molecule has 0 unspecified atom stereocenters. The van der Waals surface area contributed by atoms with Crippen molar-refractivity contribution in [1.29, 1.82) is 0 Å². The standard InChI is InChI=1S/C29H33N5O6/c1-3-40-24(35)13-8-14-30-29(39)32-23-12-7-11-21-22(17-31-25(21)23)26(36)28(38)34-16-15-33(18-19(34)2)27(37)20-9-5-4-6-10-20/h4-7,9-12,17,19,31H,3,8,13-16,18H2,1-2H3,(H2,30,32,39)/t19-/m1/s1. The van der Waals surface area contributed by atoms with Crippen molar-refractivity contribution in [2.24, 2.45) is 0 Å². The van der Waals surface area contributed by atoms with Crippen molar-refractivity contribution >= 4 is 46.2 Å². The van der Waals surface area contributed by atoms with E-state index in [0.717, 1.165) is 0 Å². The van der Waals surface area contributed by atoms with E-state index in [1.165, 1.54) is 11.1 Å². The molecular weight excluding hydrogens is 514 g/mol. The van der Waals surface area contributed by atoms with Crippen LogP contribution in [0.1, 0.15) is 47.4 Å². The average molecular weight is 548 g/mol. The van der Waals surface area contributed by atoms with Gasteiger partial charge in [0.2, 0.25) is 0 Å². The number of hydrogen-bond donors (Lipinski definition) is 3. The van der Waals surface area contributed by atoms with Crippen molar-refractivity contribution in [3.8, 4) is 0 Å². The number of aromatic amines is 1. The second-order valence-corrected chi connectivity index (χ2v) is 9.51. The second kappa shape index (κ2) is 12.9. The van der Waals surface area contributed by atoms with E-state index in [4.69, 9.17) is 4.74 Å². The molecule has 0 saturated carbocycles. The number of fused-ring (bicyclic) bond motifs is 1. The minimum Gasteiger partial charge on any atom is -0.466 e. The first kappa shape index (κ1) is 28.3. The molecule has 1 aromatic heterocycles. The minimum atomic E-state index is -0.665. The van der Waals surface area contributed by atoms with E-state index in [2.05, 4.69) is 15.6 Å². The maximum atomic E-state index is 13.3. The quantitative estimate of drug-likeness (QED) is 0.163. The van der Waals surface area contributed by atoms with Gasteiger partial charge in [0.05, 0.1) is 23.4 Å². The van der Waals surface area contributed by atoms with E-state index >= 15 is 0 Å². The number of carbonyl (C=O) groups excluding carboxylic acids is 5. The fourth-order valence-corrected chi connectivity index (χ4v) is 4.73. The van der Waals surface area contributed by atoms with Gasteiger partial charge in [-0.2, -0.15) is 0 Å². The first-order valence-electron chi connectivity index (χ1n) is 13.3. The Morgan fingerprint density at radius 2 is 1.80 bits per heavy atom. The maximum Gasteiger partial charge on any atom is 0.319 e. The Bertz CT molecular complexity index is 1400. The van der Waals surface area contributed by atoms with Gasteiger partial charge in [-0.25, -0.2) is 4.79 Å². The van der Waals surface area contributed by atoms with Crippen LogP contribution >= 0.6 is 0 Å². The van der Waals surface area contributed by atoms with Gasteiger partial charge in [-0.3, -0.25) is 19.2 Å². The lowest BCUT2D eigenvalue weighted by Gasteiger charge is -2.39. The predicted octanol–water partition coefficient (Wildman–Crippen LogP) is 3.19. The number of ether oxygens (including phenoxy) is 1. The molecule has 0 bridgehead atoms. The first-order chi connectivity index (χ1) is 19.3. The van der Waals surface area contributed by atoms with Gasteiger partial charge in [0.15, 0.2) is 0 Å². The molecule has 1 aliphatic rings. The molecule has 210 valence electrons. The lowest BCUT2D eigenvalue weighted by atomic mass is 10.1. The summed E-state index contributed by atoms with van der Waals surface area (Å²) in [4.78, 5) is 69.3. The molecule has 3 aromatic rings. The third kappa shape index (κ3) is 6.48. The summed E-state index contributed by atoms with van der Waals surface area (Å²) in [6.45, 7) is 5.05. The number of aromatic nitrogens is 1. The molecule has 0 spiro atoms. The molecule has 2 heterocycles. The summed E-state index contributed by atoms with van der Waals surface area (Å²) in [7, 11) is 0. The van der Waals surface area contributed by atoms with Crippen LogP contribution < -0.4 is 10.6 Å². The van der Waals surface area contributed by atoms with E-state index < -0.39 is 17.7 Å². The molecule has 1 fully saturated rings. The summed E-state index contributed by atoms with van der Waals surface area (Å²) < 4.78 is 4.86. The number of rotatable bonds is 9. The van der Waals surface area contributed by atoms with Gasteiger partial charge in [-0.05, 0) is 38.5 Å². The lowest BCUT2D eigenvalue weighted by molar-refractivity contribution is -0.143. The van der Waals surface area contributed by atoms with Gasteiger partial charge in [-0.1, -0.05) is 30.3 Å². The number of nitrogens with zero attached hydrogens (tertiary/aromatic N) is 2. The zero-order chi connectivity index (χ0) is 28.6. The normalized spacial score (nSPS) is 15.0. The van der Waals surface area contributed by atoms with Gasteiger partial charge < -0.3 is 30.2 Å². The Labute approximate surface area is 231 Å². The SMILES string of the molecule is CCOC(=O)CCCNC(=O)Nc1cccc2c(C(=O)C(=O)N3CCN(C(=O)c4ccccc4)C[C@H]3C)c[nH]c12. The van der Waals surface area contributed by atoms with E-state index in [1.54, 1.807) is 54.3 Å². The van der Waals surface area contributed by atoms with E-state index in [0.29, 0.717) is 48.3 Å². The Morgan fingerprint density at radius 3 is 2.52 bits per heavy atom. The smallest absolute Gasteiger partial charge is 0.319 e. The molecule has 40 heavy (non-hydrogen) atoms. The number of anilines is 1. The topological polar surface area (TPSA) is 141 Å². The molecule has 1 atom stereocenters. The molecule has 11 nitrogen and oxygen atoms in total. The average Bonchev–Trinajstić information content (AvgIpc) is 3.40. The highest BCUT2D eigenvalue weighted by Gasteiger charge is 2.34. The summed E-state index contributed by atoms with van der Waals surface area (Å²) in [6.07, 6.45) is 2.11. The Kier molecular flexibility index (Phi) is 9.15. The number of amides is 4. The molecule has 0 radical (unpaired) electrons. The lowest BCUT2D eigenvalue weighted by Crippen LogP contribution is -2.56. The monoisotopic (exact) mass is 547 g/mol. The van der Waals surface area contributed by atoms with Crippen molar-refractivity contribution < 1.29 is 28.7 Å². The molecule has 1 saturated heterocycles. The number of hydrogen-bond acceptors (Lipinski definition) is 6. The molecule has 4 rings (SSSR count). The summed E-state index contributed by atoms with van der Waals surface area (Å²) >= 11 is 0. The summed E-state index contributed by atoms with van der Waals surface area (Å²) in [5, 5.41) is 5.92. The number of H-pyrrole nitrogens is 1. The van der Waals surface area contributed by atoms with Crippen LogP contribution in [0.2, 0.25) is 0 Å². The number of benzene rings is 2. The second-order valence-electron chi connectivity index (χ2n) is 9.51. The van der Waals surface area contributed by atoms with Crippen molar-refractivity contribution in [3.63, 3.8) is 0 Å². The highest BCUT2D eigenvalue weighted by Crippen LogP contribution is 2.27. The molecular formula is C29H33N5O6. The van der Waals surface area contributed by atoms with E-state index in [-0.39, 0.29) is 43.0 Å². The van der Waals surface area contributed by atoms with Crippen LogP contribution in [0.4, 0.5) is 10.5 Å². The molecule has 11 heteroatoms. The van der Waals surface area contributed by atoms with Gasteiger partial charge in [0, 0.05) is 55.8 Å². The molecule has 4 amide bonds. The number of Topliss-reactive ketones (excluding diaryl/α,β-unsaturated/α-hetero) is 1. The molecule has 1 aliphatic heterocycles. The Hall–Kier alpha value is -4.67. The van der Waals surface area contributed by atoms with Crippen molar-refractivity contribution in [3.05, 3.63) is 65.9 Å².